The number of rotatable bonds is 4. The Hall–Kier alpha value is -1.46. The van der Waals surface area contributed by atoms with Crippen molar-refractivity contribution in [3.05, 3.63) is 15.8 Å². The molecule has 0 aromatic carbocycles. The number of hydrogen-bond acceptors (Lipinski definition) is 4. The monoisotopic (exact) mass is 212 g/mol. The maximum absolute atomic E-state index is 10.9. The Bertz CT molecular complexity index is 357. The number of aromatic nitrogens is 3. The van der Waals surface area contributed by atoms with Crippen molar-refractivity contribution in [1.82, 2.24) is 15.0 Å². The molecular formula is C9H16N4O2. The number of nitrogens with zero attached hydrogens (tertiary/aromatic N) is 4. The zero-order valence-corrected chi connectivity index (χ0v) is 9.47. The van der Waals surface area contributed by atoms with Gasteiger partial charge in [0.05, 0.1) is 0 Å². The van der Waals surface area contributed by atoms with Crippen LogP contribution in [0.2, 0.25) is 0 Å². The molecule has 0 aliphatic rings. The van der Waals surface area contributed by atoms with Gasteiger partial charge in [-0.05, 0) is 24.7 Å². The molecule has 0 unspecified atom stereocenters. The van der Waals surface area contributed by atoms with Crippen molar-refractivity contribution < 1.29 is 4.92 Å². The molecule has 0 aliphatic heterocycles. The molecule has 1 aromatic rings. The van der Waals surface area contributed by atoms with Gasteiger partial charge in [0.15, 0.2) is 5.69 Å². The second-order valence-electron chi connectivity index (χ2n) is 4.25. The predicted octanol–water partition coefficient (Wildman–Crippen LogP) is 1.97. The molecule has 1 heterocycles. The van der Waals surface area contributed by atoms with E-state index in [-0.39, 0.29) is 11.9 Å². The quantitative estimate of drug-likeness (QED) is 0.565. The van der Waals surface area contributed by atoms with Gasteiger partial charge in [-0.15, -0.1) is 9.78 Å². The highest BCUT2D eigenvalue weighted by Crippen LogP contribution is 2.21. The molecule has 0 saturated carbocycles. The first-order valence-corrected chi connectivity index (χ1v) is 5.02. The largest absolute Gasteiger partial charge is 0.368 e. The summed E-state index contributed by atoms with van der Waals surface area (Å²) in [5.41, 5.74) is 0.476. The molecule has 0 spiro atoms. The van der Waals surface area contributed by atoms with Crippen LogP contribution in [0.4, 0.5) is 5.82 Å². The van der Waals surface area contributed by atoms with Crippen LogP contribution >= 0.6 is 0 Å². The van der Waals surface area contributed by atoms with Gasteiger partial charge < -0.3 is 10.1 Å². The van der Waals surface area contributed by atoms with Gasteiger partial charge in [0, 0.05) is 11.6 Å². The summed E-state index contributed by atoms with van der Waals surface area (Å²) < 4.78 is 1.36. The van der Waals surface area contributed by atoms with E-state index in [4.69, 9.17) is 0 Å². The van der Waals surface area contributed by atoms with E-state index in [1.165, 1.54) is 4.68 Å². The highest BCUT2D eigenvalue weighted by molar-refractivity contribution is 5.26. The second kappa shape index (κ2) is 4.37. The summed E-state index contributed by atoms with van der Waals surface area (Å²) in [6.45, 7) is 7.69. The Morgan fingerprint density at radius 2 is 2.00 bits per heavy atom. The van der Waals surface area contributed by atoms with Gasteiger partial charge in [-0.25, -0.2) is 0 Å². The van der Waals surface area contributed by atoms with Crippen LogP contribution in [-0.4, -0.2) is 19.9 Å². The minimum absolute atomic E-state index is 0.0266. The van der Waals surface area contributed by atoms with Crippen LogP contribution < -0.4 is 0 Å². The number of hydrogen-bond donors (Lipinski definition) is 0. The highest BCUT2D eigenvalue weighted by atomic mass is 16.6. The van der Waals surface area contributed by atoms with Gasteiger partial charge in [-0.2, -0.15) is 0 Å². The van der Waals surface area contributed by atoms with E-state index in [1.807, 2.05) is 27.7 Å². The van der Waals surface area contributed by atoms with Crippen molar-refractivity contribution in [3.8, 4) is 0 Å². The van der Waals surface area contributed by atoms with Gasteiger partial charge in [0.2, 0.25) is 0 Å². The minimum atomic E-state index is -0.405. The van der Waals surface area contributed by atoms with Gasteiger partial charge >= 0.3 is 5.82 Å². The molecule has 84 valence electrons. The fourth-order valence-corrected chi connectivity index (χ4v) is 1.38. The Labute approximate surface area is 88.4 Å². The highest BCUT2D eigenvalue weighted by Gasteiger charge is 2.25. The smallest absolute Gasteiger partial charge is 0.358 e. The molecule has 0 aliphatic carbocycles. The third kappa shape index (κ3) is 2.51. The topological polar surface area (TPSA) is 73.8 Å². The van der Waals surface area contributed by atoms with E-state index < -0.39 is 4.92 Å². The second-order valence-corrected chi connectivity index (χ2v) is 4.25. The van der Waals surface area contributed by atoms with Gasteiger partial charge in [0.25, 0.3) is 0 Å². The van der Waals surface area contributed by atoms with E-state index in [1.54, 1.807) is 0 Å². The lowest BCUT2D eigenvalue weighted by atomic mass is 10.1. The molecule has 15 heavy (non-hydrogen) atoms. The normalized spacial score (nSPS) is 11.3. The number of nitro groups is 1. The van der Waals surface area contributed by atoms with Crippen molar-refractivity contribution in [2.24, 2.45) is 5.92 Å². The van der Waals surface area contributed by atoms with E-state index in [2.05, 4.69) is 10.3 Å². The lowest BCUT2D eigenvalue weighted by Crippen LogP contribution is -2.08. The summed E-state index contributed by atoms with van der Waals surface area (Å²) in [6.07, 6.45) is 0.586. The van der Waals surface area contributed by atoms with E-state index >= 15 is 0 Å². The van der Waals surface area contributed by atoms with Gasteiger partial charge in [-0.1, -0.05) is 13.8 Å². The summed E-state index contributed by atoms with van der Waals surface area (Å²) >= 11 is 0. The van der Waals surface area contributed by atoms with Crippen molar-refractivity contribution in [3.63, 3.8) is 0 Å². The van der Waals surface area contributed by atoms with Crippen LogP contribution in [0.3, 0.4) is 0 Å². The molecule has 0 saturated heterocycles. The molecule has 0 N–H and O–H groups in total. The zero-order chi connectivity index (χ0) is 11.6. The molecular weight excluding hydrogens is 196 g/mol. The van der Waals surface area contributed by atoms with Gasteiger partial charge in [0.1, 0.15) is 6.04 Å². The molecule has 1 rings (SSSR count). The molecule has 0 amide bonds. The fraction of sp³-hybridized carbons (Fsp3) is 0.778. The Balaban J connectivity index is 3.12. The summed E-state index contributed by atoms with van der Waals surface area (Å²) in [5.74, 6) is 0.361. The Kier molecular flexibility index (Phi) is 3.39. The zero-order valence-electron chi connectivity index (χ0n) is 9.47. The Morgan fingerprint density at radius 3 is 2.40 bits per heavy atom. The molecule has 1 aromatic heterocycles. The van der Waals surface area contributed by atoms with Crippen LogP contribution in [0.25, 0.3) is 0 Å². The molecule has 0 atom stereocenters. The van der Waals surface area contributed by atoms with Crippen LogP contribution in [0.5, 0.6) is 0 Å². The lowest BCUT2D eigenvalue weighted by Gasteiger charge is -2.03. The summed E-state index contributed by atoms with van der Waals surface area (Å²) in [7, 11) is 0. The van der Waals surface area contributed by atoms with E-state index in [9.17, 15) is 10.1 Å². The summed E-state index contributed by atoms with van der Waals surface area (Å²) in [5, 5.41) is 18.6. The van der Waals surface area contributed by atoms with Gasteiger partial charge in [-0.3, -0.25) is 0 Å². The molecule has 6 nitrogen and oxygen atoms in total. The average molecular weight is 212 g/mol. The fourth-order valence-electron chi connectivity index (χ4n) is 1.38. The van der Waals surface area contributed by atoms with E-state index in [0.29, 0.717) is 18.0 Å². The molecule has 0 radical (unpaired) electrons. The van der Waals surface area contributed by atoms with E-state index in [0.717, 1.165) is 0 Å². The molecule has 0 fully saturated rings. The van der Waals surface area contributed by atoms with Crippen LogP contribution in [-0.2, 0) is 6.42 Å². The van der Waals surface area contributed by atoms with Crippen molar-refractivity contribution in [2.75, 3.05) is 0 Å². The average Bonchev–Trinajstić information content (AvgIpc) is 2.46. The van der Waals surface area contributed by atoms with Crippen molar-refractivity contribution in [2.45, 2.75) is 40.2 Å². The van der Waals surface area contributed by atoms with Crippen molar-refractivity contribution >= 4 is 5.82 Å². The summed E-state index contributed by atoms with van der Waals surface area (Å²) in [4.78, 5) is 10.5. The van der Waals surface area contributed by atoms with Crippen molar-refractivity contribution in [1.29, 1.82) is 0 Å². The maximum Gasteiger partial charge on any atom is 0.368 e. The third-order valence-electron chi connectivity index (χ3n) is 2.00. The first kappa shape index (κ1) is 11.6. The first-order chi connectivity index (χ1) is 6.93. The first-order valence-electron chi connectivity index (χ1n) is 5.02. The summed E-state index contributed by atoms with van der Waals surface area (Å²) in [6, 6.07) is -0.0428. The van der Waals surface area contributed by atoms with Crippen LogP contribution in [0, 0.1) is 16.0 Å². The lowest BCUT2D eigenvalue weighted by molar-refractivity contribution is -0.393. The SMILES string of the molecule is CC(C)Cc1nnn(C(C)C)c1[N+](=O)[O-]. The Morgan fingerprint density at radius 1 is 1.40 bits per heavy atom. The standard InChI is InChI=1S/C9H16N4O2/c1-6(2)5-8-9(13(14)15)12(7(3)4)11-10-8/h6-7H,5H2,1-4H3. The predicted molar refractivity (Wildman–Crippen MR) is 55.6 cm³/mol. The minimum Gasteiger partial charge on any atom is -0.358 e. The molecule has 0 bridgehead atoms. The molecule has 6 heteroatoms. The van der Waals surface area contributed by atoms with Crippen LogP contribution in [0.1, 0.15) is 39.4 Å². The maximum atomic E-state index is 10.9. The third-order valence-corrected chi connectivity index (χ3v) is 2.00. The van der Waals surface area contributed by atoms with Crippen LogP contribution in [0.15, 0.2) is 0 Å².